The van der Waals surface area contributed by atoms with Gasteiger partial charge in [0.15, 0.2) is 0 Å². The minimum atomic E-state index is -0.351. The molecule has 3 rings (SSSR count). The maximum absolute atomic E-state index is 12.9. The third-order valence-electron chi connectivity index (χ3n) is 4.67. The van der Waals surface area contributed by atoms with Gasteiger partial charge in [0, 0.05) is 6.54 Å². The van der Waals surface area contributed by atoms with Gasteiger partial charge in [-0.3, -0.25) is 14.7 Å². The summed E-state index contributed by atoms with van der Waals surface area (Å²) in [7, 11) is 1.53. The van der Waals surface area contributed by atoms with E-state index in [1.165, 1.54) is 13.3 Å². The molecule has 1 saturated carbocycles. The van der Waals surface area contributed by atoms with Gasteiger partial charge in [0.2, 0.25) is 0 Å². The van der Waals surface area contributed by atoms with Gasteiger partial charge in [-0.1, -0.05) is 26.8 Å². The maximum Gasteiger partial charge on any atom is 0.271 e. The Bertz CT molecular complexity index is 847. The first-order valence-corrected chi connectivity index (χ1v) is 9.11. The number of benzene rings is 1. The summed E-state index contributed by atoms with van der Waals surface area (Å²) in [5, 5.41) is 12.2. The summed E-state index contributed by atoms with van der Waals surface area (Å²) < 4.78 is 5.34. The molecule has 1 aromatic heterocycles. The fraction of sp³-hybridized carbons (Fsp3) is 0.450. The Labute approximate surface area is 158 Å². The van der Waals surface area contributed by atoms with Gasteiger partial charge in [0.25, 0.3) is 11.8 Å². The molecule has 1 fully saturated rings. The molecule has 1 aliphatic rings. The molecule has 2 amide bonds. The van der Waals surface area contributed by atoms with E-state index in [0.29, 0.717) is 29.5 Å². The molecule has 0 radical (unpaired) electrons. The summed E-state index contributed by atoms with van der Waals surface area (Å²) in [6, 6.07) is 5.55. The zero-order chi connectivity index (χ0) is 19.6. The fourth-order valence-electron chi connectivity index (χ4n) is 2.74. The lowest BCUT2D eigenvalue weighted by atomic mass is 9.86. The first kappa shape index (κ1) is 18.9. The van der Waals surface area contributed by atoms with Crippen molar-refractivity contribution in [2.75, 3.05) is 19.0 Å². The molecule has 0 unspecified atom stereocenters. The van der Waals surface area contributed by atoms with Crippen molar-refractivity contribution in [1.82, 2.24) is 15.5 Å². The normalized spacial score (nSPS) is 13.9. The van der Waals surface area contributed by atoms with E-state index >= 15 is 0 Å². The molecular weight excluding hydrogens is 344 g/mol. The number of carbonyl (C=O) groups is 2. The first-order valence-electron chi connectivity index (χ1n) is 9.11. The lowest BCUT2D eigenvalue weighted by Gasteiger charge is -2.20. The summed E-state index contributed by atoms with van der Waals surface area (Å²) in [4.78, 5) is 25.2. The van der Waals surface area contributed by atoms with Crippen LogP contribution in [0.3, 0.4) is 0 Å². The Kier molecular flexibility index (Phi) is 5.21. The van der Waals surface area contributed by atoms with Crippen molar-refractivity contribution in [3.05, 3.63) is 41.2 Å². The summed E-state index contributed by atoms with van der Waals surface area (Å²) in [6.07, 6.45) is 3.73. The molecule has 7 nitrogen and oxygen atoms in total. The van der Waals surface area contributed by atoms with Crippen LogP contribution in [0, 0.1) is 5.92 Å². The lowest BCUT2D eigenvalue weighted by molar-refractivity contribution is 0.0947. The minimum Gasteiger partial charge on any atom is -0.496 e. The highest BCUT2D eigenvalue weighted by Crippen LogP contribution is 2.29. The number of ether oxygens (including phenoxy) is 1. The second-order valence-electron chi connectivity index (χ2n) is 7.93. The van der Waals surface area contributed by atoms with Crippen molar-refractivity contribution in [2.45, 2.75) is 39.0 Å². The van der Waals surface area contributed by atoms with E-state index in [9.17, 15) is 9.59 Å². The highest BCUT2D eigenvalue weighted by atomic mass is 16.5. The second-order valence-corrected chi connectivity index (χ2v) is 7.93. The lowest BCUT2D eigenvalue weighted by Crippen LogP contribution is -2.27. The third-order valence-corrected chi connectivity index (χ3v) is 4.67. The molecular formula is C20H26N4O3. The van der Waals surface area contributed by atoms with Crippen LogP contribution in [-0.4, -0.2) is 35.7 Å². The van der Waals surface area contributed by atoms with Gasteiger partial charge in [-0.15, -0.1) is 0 Å². The number of hydrogen-bond acceptors (Lipinski definition) is 4. The Hall–Kier alpha value is -2.83. The Morgan fingerprint density at radius 2 is 2.00 bits per heavy atom. The van der Waals surface area contributed by atoms with Crippen LogP contribution in [0.2, 0.25) is 0 Å². The predicted molar refractivity (Wildman–Crippen MR) is 103 cm³/mol. The molecule has 2 aromatic rings. The third kappa shape index (κ3) is 4.48. The number of hydrogen-bond donors (Lipinski definition) is 3. The molecule has 3 N–H and O–H groups in total. The number of nitrogens with zero attached hydrogens (tertiary/aromatic N) is 1. The summed E-state index contributed by atoms with van der Waals surface area (Å²) >= 11 is 0. The van der Waals surface area contributed by atoms with Crippen molar-refractivity contribution >= 4 is 17.5 Å². The molecule has 0 spiro atoms. The van der Waals surface area contributed by atoms with Gasteiger partial charge in [-0.2, -0.15) is 5.10 Å². The van der Waals surface area contributed by atoms with Crippen molar-refractivity contribution in [3.63, 3.8) is 0 Å². The van der Waals surface area contributed by atoms with Gasteiger partial charge in [0.1, 0.15) is 11.4 Å². The number of aromatic nitrogens is 2. The topological polar surface area (TPSA) is 96.1 Å². The minimum absolute atomic E-state index is 0.106. The van der Waals surface area contributed by atoms with Crippen molar-refractivity contribution in [2.24, 2.45) is 5.92 Å². The summed E-state index contributed by atoms with van der Waals surface area (Å²) in [6.45, 7) is 6.88. The summed E-state index contributed by atoms with van der Waals surface area (Å²) in [5.74, 6) is 0.420. The average molecular weight is 370 g/mol. The van der Waals surface area contributed by atoms with Crippen LogP contribution < -0.4 is 15.4 Å². The number of anilines is 1. The monoisotopic (exact) mass is 370 g/mol. The zero-order valence-corrected chi connectivity index (χ0v) is 16.2. The SMILES string of the molecule is COc1ccc(C(C)(C)C)cc1C(=O)Nc1cn[nH]c1C(=O)NCC1CC1. The van der Waals surface area contributed by atoms with Crippen LogP contribution >= 0.6 is 0 Å². The van der Waals surface area contributed by atoms with Crippen LogP contribution in [0.25, 0.3) is 0 Å². The smallest absolute Gasteiger partial charge is 0.271 e. The van der Waals surface area contributed by atoms with Crippen molar-refractivity contribution in [1.29, 1.82) is 0 Å². The molecule has 1 aliphatic carbocycles. The molecule has 1 aromatic carbocycles. The molecule has 144 valence electrons. The fourth-order valence-corrected chi connectivity index (χ4v) is 2.74. The van der Waals surface area contributed by atoms with Crippen LogP contribution in [-0.2, 0) is 5.41 Å². The summed E-state index contributed by atoms with van der Waals surface area (Å²) in [5.41, 5.74) is 1.91. The number of amides is 2. The van der Waals surface area contributed by atoms with Gasteiger partial charge in [-0.25, -0.2) is 0 Å². The first-order chi connectivity index (χ1) is 12.8. The van der Waals surface area contributed by atoms with Gasteiger partial charge in [-0.05, 0) is 41.9 Å². The number of methoxy groups -OCH3 is 1. The average Bonchev–Trinajstić information content (AvgIpc) is 3.35. The van der Waals surface area contributed by atoms with E-state index in [2.05, 4.69) is 41.6 Å². The largest absolute Gasteiger partial charge is 0.496 e. The number of carbonyl (C=O) groups excluding carboxylic acids is 2. The molecule has 1 heterocycles. The highest BCUT2D eigenvalue weighted by Gasteiger charge is 2.24. The van der Waals surface area contributed by atoms with Gasteiger partial charge >= 0.3 is 0 Å². The molecule has 0 saturated heterocycles. The molecule has 0 aliphatic heterocycles. The maximum atomic E-state index is 12.9. The molecule has 27 heavy (non-hydrogen) atoms. The molecule has 0 atom stereocenters. The van der Waals surface area contributed by atoms with Crippen LogP contribution in [0.5, 0.6) is 5.75 Å². The van der Waals surface area contributed by atoms with E-state index in [-0.39, 0.29) is 22.9 Å². The van der Waals surface area contributed by atoms with Crippen LogP contribution in [0.15, 0.2) is 24.4 Å². The van der Waals surface area contributed by atoms with E-state index in [1.54, 1.807) is 6.07 Å². The van der Waals surface area contributed by atoms with E-state index in [4.69, 9.17) is 4.74 Å². The van der Waals surface area contributed by atoms with Crippen LogP contribution in [0.4, 0.5) is 5.69 Å². The molecule has 7 heteroatoms. The predicted octanol–water partition coefficient (Wildman–Crippen LogP) is 3.11. The Morgan fingerprint density at radius 3 is 2.63 bits per heavy atom. The van der Waals surface area contributed by atoms with Crippen LogP contribution in [0.1, 0.15) is 60.0 Å². The standard InChI is InChI=1S/C20H26N4O3/c1-20(2,3)13-7-8-16(27-4)14(9-13)18(25)23-15-11-22-24-17(15)19(26)21-10-12-5-6-12/h7-9,11-12H,5-6,10H2,1-4H3,(H,21,26)(H,22,24)(H,23,25). The highest BCUT2D eigenvalue weighted by molar-refractivity contribution is 6.09. The van der Waals surface area contributed by atoms with Gasteiger partial charge < -0.3 is 15.4 Å². The number of rotatable bonds is 6. The van der Waals surface area contributed by atoms with E-state index < -0.39 is 0 Å². The van der Waals surface area contributed by atoms with E-state index in [1.807, 2.05) is 12.1 Å². The number of H-pyrrole nitrogens is 1. The zero-order valence-electron chi connectivity index (χ0n) is 16.2. The number of nitrogens with one attached hydrogen (secondary N) is 3. The van der Waals surface area contributed by atoms with Crippen molar-refractivity contribution < 1.29 is 14.3 Å². The number of aromatic amines is 1. The molecule has 0 bridgehead atoms. The Morgan fingerprint density at radius 1 is 1.26 bits per heavy atom. The second kappa shape index (κ2) is 7.42. The quantitative estimate of drug-likeness (QED) is 0.728. The van der Waals surface area contributed by atoms with Crippen molar-refractivity contribution in [3.8, 4) is 5.75 Å². The van der Waals surface area contributed by atoms with E-state index in [0.717, 1.165) is 18.4 Å². The van der Waals surface area contributed by atoms with Gasteiger partial charge in [0.05, 0.1) is 24.6 Å². The Balaban J connectivity index is 1.79.